The SMILES string of the molecule is CCC1CCCN(C2Cc3c(N)cc(N)cc3C2Oc2cccc(CC=CCC(C)=O)c2)C1. The van der Waals surface area contributed by atoms with Crippen molar-refractivity contribution in [1.29, 1.82) is 0 Å². The van der Waals surface area contributed by atoms with Crippen LogP contribution in [0.3, 0.4) is 0 Å². The molecule has 5 heteroatoms. The Morgan fingerprint density at radius 2 is 2.06 bits per heavy atom. The van der Waals surface area contributed by atoms with Crippen LogP contribution in [0.2, 0.25) is 0 Å². The number of anilines is 2. The van der Waals surface area contributed by atoms with Gasteiger partial charge in [0.2, 0.25) is 0 Å². The standard InChI is InChI=1S/C28H37N3O2/c1-3-20-11-7-13-31(18-20)27-17-24-25(15-22(29)16-26(24)30)28(27)33-23-12-6-10-21(14-23)9-5-4-8-19(2)32/h4-6,10,12,14-16,20,27-28H,3,7-9,11,13,17-18,29-30H2,1-2H3. The number of allylic oxidation sites excluding steroid dienone is 2. The van der Waals surface area contributed by atoms with Crippen LogP contribution in [0.25, 0.3) is 0 Å². The van der Waals surface area contributed by atoms with E-state index >= 15 is 0 Å². The molecule has 4 rings (SSSR count). The molecule has 1 heterocycles. The Morgan fingerprint density at radius 3 is 2.85 bits per heavy atom. The number of nitrogens with two attached hydrogens (primary N) is 2. The van der Waals surface area contributed by atoms with Crippen molar-refractivity contribution >= 4 is 17.2 Å². The van der Waals surface area contributed by atoms with Crippen LogP contribution in [-0.4, -0.2) is 29.8 Å². The summed E-state index contributed by atoms with van der Waals surface area (Å²) in [5.74, 6) is 1.78. The lowest BCUT2D eigenvalue weighted by molar-refractivity contribution is -0.116. The minimum Gasteiger partial charge on any atom is -0.484 e. The second-order valence-corrected chi connectivity index (χ2v) is 9.63. The molecule has 0 bridgehead atoms. The molecule has 2 aromatic carbocycles. The molecule has 0 aromatic heterocycles. The maximum atomic E-state index is 11.2. The minimum atomic E-state index is -0.0927. The number of hydrogen-bond acceptors (Lipinski definition) is 5. The molecule has 5 nitrogen and oxygen atoms in total. The maximum absolute atomic E-state index is 11.2. The number of carbonyl (C=O) groups excluding carboxylic acids is 1. The number of hydrogen-bond donors (Lipinski definition) is 2. The largest absolute Gasteiger partial charge is 0.484 e. The van der Waals surface area contributed by atoms with Crippen molar-refractivity contribution in [2.75, 3.05) is 24.6 Å². The normalized spacial score (nSPS) is 23.0. The number of ketones is 1. The van der Waals surface area contributed by atoms with Gasteiger partial charge >= 0.3 is 0 Å². The highest BCUT2D eigenvalue weighted by molar-refractivity contribution is 5.76. The molecule has 1 saturated heterocycles. The smallest absolute Gasteiger partial charge is 0.140 e. The fourth-order valence-corrected chi connectivity index (χ4v) is 5.31. The van der Waals surface area contributed by atoms with Crippen LogP contribution in [0.1, 0.15) is 62.3 Å². The molecule has 2 aromatic rings. The number of ether oxygens (including phenoxy) is 1. The number of nitrogen functional groups attached to an aromatic ring is 2. The summed E-state index contributed by atoms with van der Waals surface area (Å²) < 4.78 is 6.70. The predicted octanol–water partition coefficient (Wildman–Crippen LogP) is 5.10. The molecule has 33 heavy (non-hydrogen) atoms. The van der Waals surface area contributed by atoms with Gasteiger partial charge in [-0.05, 0) is 80.5 Å². The zero-order valence-electron chi connectivity index (χ0n) is 19.9. The third-order valence-corrected chi connectivity index (χ3v) is 7.09. The third kappa shape index (κ3) is 5.59. The summed E-state index contributed by atoms with van der Waals surface area (Å²) in [4.78, 5) is 13.8. The Labute approximate surface area is 197 Å². The van der Waals surface area contributed by atoms with Gasteiger partial charge in [0, 0.05) is 29.9 Å². The molecule has 1 aliphatic carbocycles. The molecule has 1 fully saturated rings. The van der Waals surface area contributed by atoms with Gasteiger partial charge in [-0.25, -0.2) is 0 Å². The van der Waals surface area contributed by atoms with Crippen molar-refractivity contribution in [3.05, 3.63) is 65.2 Å². The maximum Gasteiger partial charge on any atom is 0.140 e. The Kier molecular flexibility index (Phi) is 7.39. The Hall–Kier alpha value is -2.79. The van der Waals surface area contributed by atoms with Crippen molar-refractivity contribution in [2.45, 2.75) is 64.5 Å². The van der Waals surface area contributed by atoms with Crippen LogP contribution in [0, 0.1) is 5.92 Å². The number of likely N-dealkylation sites (tertiary alicyclic amines) is 1. The van der Waals surface area contributed by atoms with E-state index in [-0.39, 0.29) is 17.9 Å². The molecular weight excluding hydrogens is 410 g/mol. The van der Waals surface area contributed by atoms with E-state index in [1.54, 1.807) is 6.92 Å². The lowest BCUT2D eigenvalue weighted by Gasteiger charge is -2.39. The topological polar surface area (TPSA) is 81.6 Å². The zero-order valence-corrected chi connectivity index (χ0v) is 19.9. The lowest BCUT2D eigenvalue weighted by atomic mass is 9.93. The molecule has 0 spiro atoms. The summed E-state index contributed by atoms with van der Waals surface area (Å²) >= 11 is 0. The highest BCUT2D eigenvalue weighted by atomic mass is 16.5. The van der Waals surface area contributed by atoms with E-state index in [4.69, 9.17) is 16.2 Å². The first-order valence-corrected chi connectivity index (χ1v) is 12.3. The number of carbonyl (C=O) groups is 1. The average Bonchev–Trinajstić information content (AvgIpc) is 3.15. The van der Waals surface area contributed by atoms with Crippen molar-refractivity contribution < 1.29 is 9.53 Å². The summed E-state index contributed by atoms with van der Waals surface area (Å²) in [6.07, 6.45) is 9.81. The average molecular weight is 448 g/mol. The number of nitrogens with zero attached hydrogens (tertiary/aromatic N) is 1. The van der Waals surface area contributed by atoms with E-state index in [2.05, 4.69) is 24.0 Å². The van der Waals surface area contributed by atoms with E-state index < -0.39 is 0 Å². The molecular formula is C28H37N3O2. The van der Waals surface area contributed by atoms with Gasteiger partial charge in [-0.1, -0.05) is 37.6 Å². The summed E-state index contributed by atoms with van der Waals surface area (Å²) in [7, 11) is 0. The van der Waals surface area contributed by atoms with Crippen molar-refractivity contribution in [3.63, 3.8) is 0 Å². The summed E-state index contributed by atoms with van der Waals surface area (Å²) in [6, 6.07) is 12.4. The lowest BCUT2D eigenvalue weighted by Crippen LogP contribution is -2.45. The van der Waals surface area contributed by atoms with Gasteiger partial charge in [0.05, 0.1) is 6.04 Å². The van der Waals surface area contributed by atoms with Crippen LogP contribution in [0.4, 0.5) is 11.4 Å². The van der Waals surface area contributed by atoms with Gasteiger partial charge < -0.3 is 16.2 Å². The van der Waals surface area contributed by atoms with E-state index in [1.807, 2.05) is 36.4 Å². The number of fused-ring (bicyclic) bond motifs is 1. The highest BCUT2D eigenvalue weighted by Crippen LogP contribution is 2.43. The number of Topliss-reactive ketones (excluding diaryl/α,β-unsaturated/α-hetero) is 1. The molecule has 0 saturated carbocycles. The van der Waals surface area contributed by atoms with E-state index in [0.29, 0.717) is 12.1 Å². The fourth-order valence-electron chi connectivity index (χ4n) is 5.31. The fraction of sp³-hybridized carbons (Fsp3) is 0.464. The molecule has 4 N–H and O–H groups in total. The van der Waals surface area contributed by atoms with Gasteiger partial charge in [-0.2, -0.15) is 0 Å². The van der Waals surface area contributed by atoms with Gasteiger partial charge in [-0.3, -0.25) is 9.69 Å². The first-order valence-electron chi connectivity index (χ1n) is 12.3. The molecule has 2 aliphatic rings. The number of piperidine rings is 1. The van der Waals surface area contributed by atoms with Crippen LogP contribution < -0.4 is 16.2 Å². The van der Waals surface area contributed by atoms with Crippen LogP contribution in [-0.2, 0) is 17.6 Å². The first kappa shape index (κ1) is 23.4. The van der Waals surface area contributed by atoms with Gasteiger partial charge in [0.1, 0.15) is 17.6 Å². The quantitative estimate of drug-likeness (QED) is 0.435. The molecule has 1 aliphatic heterocycles. The molecule has 0 amide bonds. The summed E-state index contributed by atoms with van der Waals surface area (Å²) in [5.41, 5.74) is 17.5. The molecule has 176 valence electrons. The summed E-state index contributed by atoms with van der Waals surface area (Å²) in [6.45, 7) is 6.12. The Morgan fingerprint density at radius 1 is 1.21 bits per heavy atom. The number of rotatable bonds is 8. The molecule has 3 unspecified atom stereocenters. The van der Waals surface area contributed by atoms with Crippen LogP contribution >= 0.6 is 0 Å². The third-order valence-electron chi connectivity index (χ3n) is 7.09. The van der Waals surface area contributed by atoms with Crippen LogP contribution in [0.15, 0.2) is 48.6 Å². The van der Waals surface area contributed by atoms with Crippen molar-refractivity contribution in [1.82, 2.24) is 4.90 Å². The summed E-state index contributed by atoms with van der Waals surface area (Å²) in [5, 5.41) is 0. The minimum absolute atomic E-state index is 0.0927. The van der Waals surface area contributed by atoms with Gasteiger partial charge in [0.15, 0.2) is 0 Å². The Balaban J connectivity index is 1.58. The van der Waals surface area contributed by atoms with Gasteiger partial charge in [0.25, 0.3) is 0 Å². The molecule has 3 atom stereocenters. The van der Waals surface area contributed by atoms with Crippen molar-refractivity contribution in [3.8, 4) is 5.75 Å². The second-order valence-electron chi connectivity index (χ2n) is 9.63. The van der Waals surface area contributed by atoms with Crippen molar-refractivity contribution in [2.24, 2.45) is 5.92 Å². The van der Waals surface area contributed by atoms with Crippen LogP contribution in [0.5, 0.6) is 5.75 Å². The first-order chi connectivity index (χ1) is 15.9. The Bertz CT molecular complexity index is 1020. The highest BCUT2D eigenvalue weighted by Gasteiger charge is 2.40. The monoisotopic (exact) mass is 447 g/mol. The van der Waals surface area contributed by atoms with Gasteiger partial charge in [-0.15, -0.1) is 0 Å². The van der Waals surface area contributed by atoms with E-state index in [1.165, 1.54) is 24.8 Å². The number of benzene rings is 2. The second kappa shape index (κ2) is 10.4. The van der Waals surface area contributed by atoms with E-state index in [9.17, 15) is 4.79 Å². The van der Waals surface area contributed by atoms with E-state index in [0.717, 1.165) is 54.4 Å². The molecule has 0 radical (unpaired) electrons. The predicted molar refractivity (Wildman–Crippen MR) is 135 cm³/mol. The zero-order chi connectivity index (χ0) is 23.4.